The van der Waals surface area contributed by atoms with E-state index >= 15 is 0 Å². The first-order valence-electron chi connectivity index (χ1n) is 13.1. The molecule has 1 fully saturated rings. The third kappa shape index (κ3) is 8.40. The number of ether oxygens (including phenoxy) is 2. The zero-order valence-electron chi connectivity index (χ0n) is 23.0. The second-order valence-electron chi connectivity index (χ2n) is 9.03. The van der Waals surface area contributed by atoms with Crippen molar-refractivity contribution in [1.82, 2.24) is 9.80 Å². The van der Waals surface area contributed by atoms with Crippen LogP contribution in [0.1, 0.15) is 41.4 Å². The number of allylic oxidation sites excluding steroid dienone is 1. The van der Waals surface area contributed by atoms with Gasteiger partial charge in [0.15, 0.2) is 11.6 Å². The van der Waals surface area contributed by atoms with E-state index in [1.807, 2.05) is 0 Å². The lowest BCUT2D eigenvalue weighted by atomic mass is 10.1. The number of hydrogen-bond acceptors (Lipinski definition) is 9. The van der Waals surface area contributed by atoms with Gasteiger partial charge in [-0.25, -0.2) is 0 Å². The molecule has 0 unspecified atom stereocenters. The molecule has 0 atom stereocenters. The Hall–Kier alpha value is -3.33. The predicted molar refractivity (Wildman–Crippen MR) is 163 cm³/mol. The summed E-state index contributed by atoms with van der Waals surface area (Å²) < 4.78 is 11.1. The van der Waals surface area contributed by atoms with Crippen LogP contribution in [0.5, 0.6) is 0 Å². The van der Waals surface area contributed by atoms with Crippen molar-refractivity contribution >= 4 is 61.3 Å². The number of halogens is 2. The number of aliphatic hydroxyl groups excluding tert-OH is 2. The van der Waals surface area contributed by atoms with Gasteiger partial charge < -0.3 is 19.7 Å². The lowest BCUT2D eigenvalue weighted by Crippen LogP contribution is -2.32. The molecule has 228 valence electrons. The van der Waals surface area contributed by atoms with Crippen molar-refractivity contribution in [2.45, 2.75) is 5.79 Å². The Morgan fingerprint density at radius 3 is 1.49 bits per heavy atom. The lowest BCUT2D eigenvalue weighted by Gasteiger charge is -2.21. The number of fused-ring (bicyclic) bond motifs is 2. The highest BCUT2D eigenvalue weighted by Crippen LogP contribution is 2.25. The molecule has 2 aromatic carbocycles. The first-order valence-corrected chi connectivity index (χ1v) is 15.4. The molecule has 0 aliphatic carbocycles. The van der Waals surface area contributed by atoms with Gasteiger partial charge in [0.05, 0.1) is 59.3 Å². The molecule has 2 aromatic rings. The third-order valence-electron chi connectivity index (χ3n) is 6.20. The fourth-order valence-corrected chi connectivity index (χ4v) is 4.87. The summed E-state index contributed by atoms with van der Waals surface area (Å²) in [6, 6.07) is 13.5. The molecule has 13 heteroatoms. The molecule has 0 saturated carbocycles. The van der Waals surface area contributed by atoms with E-state index in [4.69, 9.17) is 19.7 Å². The fraction of sp³-hybridized carbons (Fsp3) is 0.300. The zero-order valence-corrected chi connectivity index (χ0v) is 26.2. The molecule has 0 radical (unpaired) electrons. The van der Waals surface area contributed by atoms with Gasteiger partial charge >= 0.3 is 0 Å². The maximum atomic E-state index is 12.2. The highest BCUT2D eigenvalue weighted by atomic mass is 79.9. The summed E-state index contributed by atoms with van der Waals surface area (Å²) in [7, 11) is 0. The number of amides is 4. The van der Waals surface area contributed by atoms with Gasteiger partial charge in [0.25, 0.3) is 23.6 Å². The van der Waals surface area contributed by atoms with Gasteiger partial charge in [-0.3, -0.25) is 33.8 Å². The largest absolute Gasteiger partial charge is 0.394 e. The van der Waals surface area contributed by atoms with Gasteiger partial charge in [0, 0.05) is 13.1 Å². The minimum Gasteiger partial charge on any atom is -0.394 e. The number of hydrogen-bond donors (Lipinski definition) is 2. The zero-order chi connectivity index (χ0) is 31.4. The van der Waals surface area contributed by atoms with Crippen molar-refractivity contribution in [3.8, 4) is 0 Å². The molecule has 43 heavy (non-hydrogen) atoms. The van der Waals surface area contributed by atoms with E-state index in [9.17, 15) is 24.0 Å². The number of aliphatic hydroxyl groups is 2. The van der Waals surface area contributed by atoms with E-state index in [0.29, 0.717) is 40.8 Å². The van der Waals surface area contributed by atoms with Gasteiger partial charge in [0.1, 0.15) is 0 Å². The number of imide groups is 2. The quantitative estimate of drug-likeness (QED) is 0.173. The Bertz CT molecular complexity index is 1330. The number of carbonyl (C=O) groups excluding carboxylic acids is 5. The number of carbonyl (C=O) groups is 5. The second-order valence-corrected chi connectivity index (χ2v) is 10.1. The average Bonchev–Trinajstić information content (AvgIpc) is 3.69. The Labute approximate surface area is 265 Å². The van der Waals surface area contributed by atoms with Gasteiger partial charge in [-0.2, -0.15) is 0 Å². The van der Waals surface area contributed by atoms with E-state index in [-0.39, 0.29) is 61.0 Å². The SMILES string of the molecule is O=C(/C=C/CN1C(=O)c2ccccc2C1=O)CBr.O=C1c2ccccc2C(=O)N1C/C=C/C1(CBr)OCCO1.OCCO. The molecule has 3 aliphatic heterocycles. The molecule has 0 aromatic heterocycles. The first kappa shape index (κ1) is 34.2. The number of nitrogens with zero attached hydrogens (tertiary/aromatic N) is 2. The van der Waals surface area contributed by atoms with Crippen molar-refractivity contribution in [3.05, 3.63) is 95.1 Å². The first-order chi connectivity index (χ1) is 20.7. The van der Waals surface area contributed by atoms with Crippen LogP contribution in [0.3, 0.4) is 0 Å². The highest BCUT2D eigenvalue weighted by molar-refractivity contribution is 9.09. The second kappa shape index (κ2) is 16.5. The monoisotopic (exact) mass is 720 g/mol. The fourth-order valence-electron chi connectivity index (χ4n) is 4.17. The molecule has 5 rings (SSSR count). The topological polar surface area (TPSA) is 151 Å². The van der Waals surface area contributed by atoms with Crippen molar-refractivity contribution in [3.63, 3.8) is 0 Å². The number of benzene rings is 2. The molecule has 0 bridgehead atoms. The Kier molecular flexibility index (Phi) is 13.1. The molecular formula is C30H30Br2N2O9. The molecular weight excluding hydrogens is 692 g/mol. The number of rotatable bonds is 9. The van der Waals surface area contributed by atoms with Crippen LogP contribution >= 0.6 is 31.9 Å². The van der Waals surface area contributed by atoms with Crippen LogP contribution in [0.25, 0.3) is 0 Å². The maximum Gasteiger partial charge on any atom is 0.261 e. The minimum absolute atomic E-state index is 0.105. The molecule has 3 heterocycles. The number of ketones is 1. The van der Waals surface area contributed by atoms with Crippen molar-refractivity contribution in [2.75, 3.05) is 50.2 Å². The van der Waals surface area contributed by atoms with Gasteiger partial charge in [-0.1, -0.05) is 68.3 Å². The highest BCUT2D eigenvalue weighted by Gasteiger charge is 2.36. The van der Waals surface area contributed by atoms with Crippen molar-refractivity contribution in [1.29, 1.82) is 0 Å². The van der Waals surface area contributed by atoms with E-state index in [0.717, 1.165) is 4.90 Å². The molecule has 0 spiro atoms. The van der Waals surface area contributed by atoms with Gasteiger partial charge in [-0.05, 0) is 36.4 Å². The van der Waals surface area contributed by atoms with Crippen LogP contribution in [-0.2, 0) is 14.3 Å². The summed E-state index contributed by atoms with van der Waals surface area (Å²) in [5.74, 6) is -2.05. The summed E-state index contributed by atoms with van der Waals surface area (Å²) in [5, 5.41) is 16.0. The maximum absolute atomic E-state index is 12.2. The normalized spacial score (nSPS) is 16.7. The molecule has 4 amide bonds. The molecule has 3 aliphatic rings. The summed E-state index contributed by atoms with van der Waals surface area (Å²) in [6.07, 6.45) is 6.36. The third-order valence-corrected chi connectivity index (χ3v) is 7.54. The Morgan fingerprint density at radius 2 is 1.14 bits per heavy atom. The summed E-state index contributed by atoms with van der Waals surface area (Å²) >= 11 is 6.37. The smallest absolute Gasteiger partial charge is 0.261 e. The van der Waals surface area contributed by atoms with Crippen molar-refractivity contribution in [2.24, 2.45) is 0 Å². The van der Waals surface area contributed by atoms with Crippen LogP contribution in [0.2, 0.25) is 0 Å². The van der Waals surface area contributed by atoms with Crippen molar-refractivity contribution < 1.29 is 43.7 Å². The van der Waals surface area contributed by atoms with Crippen LogP contribution in [0, 0.1) is 0 Å². The van der Waals surface area contributed by atoms with E-state index in [1.54, 1.807) is 60.7 Å². The lowest BCUT2D eigenvalue weighted by molar-refractivity contribution is -0.112. The van der Waals surface area contributed by atoms with Gasteiger partial charge in [0.2, 0.25) is 0 Å². The number of alkyl halides is 2. The Balaban J connectivity index is 0.000000212. The summed E-state index contributed by atoms with van der Waals surface area (Å²) in [5.41, 5.74) is 1.75. The molecule has 11 nitrogen and oxygen atoms in total. The molecule has 2 N–H and O–H groups in total. The summed E-state index contributed by atoms with van der Waals surface area (Å²) in [4.78, 5) is 61.6. The van der Waals surface area contributed by atoms with Crippen LogP contribution in [0.15, 0.2) is 72.8 Å². The average molecular weight is 722 g/mol. The van der Waals surface area contributed by atoms with E-state index in [2.05, 4.69) is 31.9 Å². The standard InChI is InChI=1S/C15H14BrNO4.C13H10BrNO3.C2H6O2/c16-10-15(20-8-9-21-15)6-3-7-17-13(18)11-4-1-2-5-12(11)14(17)19;14-8-9(16)4-3-7-15-12(17)10-5-1-2-6-11(10)13(15)18;3-1-2-4/h1-6H,7-10H2;1-6H,7-8H2;3-4H,1-2H2/b6-3+;4-3+;. The Morgan fingerprint density at radius 1 is 0.744 bits per heavy atom. The van der Waals surface area contributed by atoms with E-state index in [1.165, 1.54) is 17.1 Å². The van der Waals surface area contributed by atoms with Gasteiger partial charge in [-0.15, -0.1) is 0 Å². The molecule has 1 saturated heterocycles. The van der Waals surface area contributed by atoms with Crippen LogP contribution in [0.4, 0.5) is 0 Å². The van der Waals surface area contributed by atoms with Crippen LogP contribution in [-0.4, -0.2) is 105 Å². The van der Waals surface area contributed by atoms with Crippen LogP contribution < -0.4 is 0 Å². The minimum atomic E-state index is -0.793. The van der Waals surface area contributed by atoms with E-state index < -0.39 is 5.79 Å². The predicted octanol–water partition coefficient (Wildman–Crippen LogP) is 2.75. The summed E-state index contributed by atoms with van der Waals surface area (Å²) in [6.45, 7) is 1.13.